The van der Waals surface area contributed by atoms with Gasteiger partial charge in [0, 0.05) is 6.04 Å². The van der Waals surface area contributed by atoms with Gasteiger partial charge in [0.2, 0.25) is 0 Å². The molecule has 0 amide bonds. The number of aromatic nitrogens is 4. The van der Waals surface area contributed by atoms with E-state index in [1.165, 1.54) is 17.2 Å². The fourth-order valence-corrected chi connectivity index (χ4v) is 3.02. The van der Waals surface area contributed by atoms with Crippen LogP contribution in [0.1, 0.15) is 31.0 Å². The van der Waals surface area contributed by atoms with E-state index in [9.17, 15) is 4.39 Å². The third-order valence-electron chi connectivity index (χ3n) is 4.63. The average molecular weight is 361 g/mol. The van der Waals surface area contributed by atoms with Crippen molar-refractivity contribution < 1.29 is 4.39 Å². The van der Waals surface area contributed by atoms with E-state index < -0.39 is 0 Å². The van der Waals surface area contributed by atoms with Crippen LogP contribution >= 0.6 is 0 Å². The minimum absolute atomic E-state index is 0.0780. The molecule has 2 aromatic heterocycles. The average Bonchev–Trinajstić information content (AvgIpc) is 3.11. The molecule has 1 N–H and O–H groups in total. The van der Waals surface area contributed by atoms with Crippen molar-refractivity contribution in [2.75, 3.05) is 5.32 Å². The Labute approximate surface area is 156 Å². The van der Waals surface area contributed by atoms with Gasteiger partial charge in [-0.05, 0) is 48.7 Å². The van der Waals surface area contributed by atoms with Crippen molar-refractivity contribution in [1.29, 1.82) is 0 Å². The van der Waals surface area contributed by atoms with Crippen molar-refractivity contribution in [2.24, 2.45) is 0 Å². The second-order valence-corrected chi connectivity index (χ2v) is 6.45. The van der Waals surface area contributed by atoms with Crippen molar-refractivity contribution in [3.8, 4) is 11.4 Å². The van der Waals surface area contributed by atoms with Gasteiger partial charge < -0.3 is 5.32 Å². The van der Waals surface area contributed by atoms with E-state index >= 15 is 0 Å². The Hall–Kier alpha value is -3.28. The molecule has 0 aliphatic heterocycles. The zero-order valence-corrected chi connectivity index (χ0v) is 15.2. The largest absolute Gasteiger partial charge is 0.362 e. The third kappa shape index (κ3) is 3.38. The van der Waals surface area contributed by atoms with Crippen LogP contribution in [0, 0.1) is 5.82 Å². The minimum Gasteiger partial charge on any atom is -0.362 e. The maximum atomic E-state index is 14.2. The molecule has 0 saturated heterocycles. The van der Waals surface area contributed by atoms with E-state index in [-0.39, 0.29) is 11.9 Å². The molecular formula is C21H20FN5. The summed E-state index contributed by atoms with van der Waals surface area (Å²) in [5, 5.41) is 16.2. The van der Waals surface area contributed by atoms with Gasteiger partial charge in [0.05, 0.1) is 5.56 Å². The summed E-state index contributed by atoms with van der Waals surface area (Å²) in [7, 11) is 0. The number of anilines is 1. The highest BCUT2D eigenvalue weighted by Crippen LogP contribution is 2.23. The third-order valence-corrected chi connectivity index (χ3v) is 4.63. The van der Waals surface area contributed by atoms with Crippen molar-refractivity contribution in [1.82, 2.24) is 19.8 Å². The molecule has 0 aliphatic rings. The molecular weight excluding hydrogens is 341 g/mol. The lowest BCUT2D eigenvalue weighted by molar-refractivity contribution is 0.629. The summed E-state index contributed by atoms with van der Waals surface area (Å²) in [4.78, 5) is 0. The Morgan fingerprint density at radius 2 is 1.78 bits per heavy atom. The van der Waals surface area contributed by atoms with Crippen LogP contribution in [0.15, 0.2) is 60.7 Å². The molecule has 1 atom stereocenters. The van der Waals surface area contributed by atoms with Gasteiger partial charge in [0.25, 0.3) is 0 Å². The second kappa shape index (κ2) is 7.15. The Morgan fingerprint density at radius 1 is 1.00 bits per heavy atom. The van der Waals surface area contributed by atoms with E-state index in [0.29, 0.717) is 22.9 Å². The van der Waals surface area contributed by atoms with E-state index in [4.69, 9.17) is 0 Å². The number of hydrogen-bond acceptors (Lipinski definition) is 4. The van der Waals surface area contributed by atoms with Crippen LogP contribution in [-0.2, 0) is 6.42 Å². The van der Waals surface area contributed by atoms with Crippen LogP contribution in [0.4, 0.5) is 10.2 Å². The maximum Gasteiger partial charge on any atom is 0.188 e. The molecule has 0 radical (unpaired) electrons. The normalized spacial score (nSPS) is 12.3. The summed E-state index contributed by atoms with van der Waals surface area (Å²) in [6.07, 6.45) is 1.02. The first-order chi connectivity index (χ1) is 13.2. The predicted octanol–water partition coefficient (Wildman–Crippen LogP) is 4.67. The van der Waals surface area contributed by atoms with Gasteiger partial charge in [-0.2, -0.15) is 4.52 Å². The Bertz CT molecular complexity index is 1070. The molecule has 0 unspecified atom stereocenters. The lowest BCUT2D eigenvalue weighted by Crippen LogP contribution is -2.10. The molecule has 136 valence electrons. The van der Waals surface area contributed by atoms with E-state index in [2.05, 4.69) is 58.7 Å². The molecule has 4 aromatic rings. The van der Waals surface area contributed by atoms with E-state index in [0.717, 1.165) is 6.42 Å². The van der Waals surface area contributed by atoms with Crippen LogP contribution in [0.25, 0.3) is 17.0 Å². The Morgan fingerprint density at radius 3 is 2.52 bits per heavy atom. The highest BCUT2D eigenvalue weighted by atomic mass is 19.1. The highest BCUT2D eigenvalue weighted by molar-refractivity contribution is 5.60. The molecule has 0 bridgehead atoms. The van der Waals surface area contributed by atoms with Crippen LogP contribution in [-0.4, -0.2) is 19.8 Å². The molecule has 27 heavy (non-hydrogen) atoms. The monoisotopic (exact) mass is 361 g/mol. The maximum absolute atomic E-state index is 14.2. The summed E-state index contributed by atoms with van der Waals surface area (Å²) in [6, 6.07) is 18.8. The number of hydrogen-bond donors (Lipinski definition) is 1. The number of fused-ring (bicyclic) bond motifs is 1. The molecule has 4 rings (SSSR count). The van der Waals surface area contributed by atoms with Gasteiger partial charge in [-0.3, -0.25) is 0 Å². The lowest BCUT2D eigenvalue weighted by Gasteiger charge is -2.15. The number of nitrogens with zero attached hydrogens (tertiary/aromatic N) is 4. The summed E-state index contributed by atoms with van der Waals surface area (Å²) < 4.78 is 15.7. The van der Waals surface area contributed by atoms with E-state index in [1.807, 2.05) is 12.1 Å². The van der Waals surface area contributed by atoms with E-state index in [1.54, 1.807) is 22.7 Å². The predicted molar refractivity (Wildman–Crippen MR) is 104 cm³/mol. The number of rotatable bonds is 5. The van der Waals surface area contributed by atoms with Crippen molar-refractivity contribution in [3.63, 3.8) is 0 Å². The highest BCUT2D eigenvalue weighted by Gasteiger charge is 2.14. The molecule has 0 spiro atoms. The zero-order chi connectivity index (χ0) is 18.8. The van der Waals surface area contributed by atoms with Gasteiger partial charge >= 0.3 is 0 Å². The van der Waals surface area contributed by atoms with Gasteiger partial charge in [-0.15, -0.1) is 15.3 Å². The number of nitrogens with one attached hydrogen (secondary N) is 1. The fourth-order valence-electron chi connectivity index (χ4n) is 3.02. The van der Waals surface area contributed by atoms with Crippen LogP contribution in [0.2, 0.25) is 0 Å². The smallest absolute Gasteiger partial charge is 0.188 e. The zero-order valence-electron chi connectivity index (χ0n) is 15.2. The molecule has 2 heterocycles. The number of halogens is 1. The SMILES string of the molecule is CCc1ccc([C@H](C)Nc2ccc3nnc(-c4ccccc4F)n3n2)cc1. The molecule has 2 aromatic carbocycles. The summed E-state index contributed by atoms with van der Waals surface area (Å²) in [5.74, 6) is 0.704. The second-order valence-electron chi connectivity index (χ2n) is 6.45. The first kappa shape index (κ1) is 17.1. The Kier molecular flexibility index (Phi) is 4.54. The summed E-state index contributed by atoms with van der Waals surface area (Å²) in [5.41, 5.74) is 3.42. The summed E-state index contributed by atoms with van der Waals surface area (Å²) in [6.45, 7) is 4.22. The van der Waals surface area contributed by atoms with Gasteiger partial charge in [-0.1, -0.05) is 43.3 Å². The van der Waals surface area contributed by atoms with Crippen molar-refractivity contribution in [2.45, 2.75) is 26.3 Å². The minimum atomic E-state index is -0.351. The van der Waals surface area contributed by atoms with Crippen molar-refractivity contribution in [3.05, 3.63) is 77.6 Å². The van der Waals surface area contributed by atoms with Crippen LogP contribution in [0.5, 0.6) is 0 Å². The molecule has 5 nitrogen and oxygen atoms in total. The van der Waals surface area contributed by atoms with Gasteiger partial charge in [-0.25, -0.2) is 4.39 Å². The Balaban J connectivity index is 1.65. The number of aryl methyl sites for hydroxylation is 1. The summed E-state index contributed by atoms with van der Waals surface area (Å²) >= 11 is 0. The standard InChI is InChI=1S/C21H20FN5/c1-3-15-8-10-16(11-9-15)14(2)23-19-12-13-20-24-25-21(27(20)26-19)17-6-4-5-7-18(17)22/h4-14H,3H2,1-2H3,(H,23,26)/t14-/m0/s1. The first-order valence-corrected chi connectivity index (χ1v) is 8.98. The first-order valence-electron chi connectivity index (χ1n) is 8.98. The van der Waals surface area contributed by atoms with Crippen LogP contribution in [0.3, 0.4) is 0 Å². The molecule has 0 saturated carbocycles. The van der Waals surface area contributed by atoms with Gasteiger partial charge in [0.1, 0.15) is 11.6 Å². The number of benzene rings is 2. The topological polar surface area (TPSA) is 55.1 Å². The quantitative estimate of drug-likeness (QED) is 0.561. The molecule has 6 heteroatoms. The van der Waals surface area contributed by atoms with Crippen molar-refractivity contribution >= 4 is 11.5 Å². The van der Waals surface area contributed by atoms with Crippen LogP contribution < -0.4 is 5.32 Å². The molecule has 0 fully saturated rings. The molecule has 0 aliphatic carbocycles. The fraction of sp³-hybridized carbons (Fsp3) is 0.190. The lowest BCUT2D eigenvalue weighted by atomic mass is 10.1. The van der Waals surface area contributed by atoms with Gasteiger partial charge in [0.15, 0.2) is 11.5 Å².